The molecule has 0 unspecified atom stereocenters. The summed E-state index contributed by atoms with van der Waals surface area (Å²) in [7, 11) is 1.46. The molecule has 8 heteroatoms. The van der Waals surface area contributed by atoms with Crippen molar-refractivity contribution >= 4 is 5.91 Å². The highest BCUT2D eigenvalue weighted by Crippen LogP contribution is 2.12. The highest BCUT2D eigenvalue weighted by molar-refractivity contribution is 5.77. The summed E-state index contributed by atoms with van der Waals surface area (Å²) in [4.78, 5) is 35.2. The molecule has 3 heterocycles. The topological polar surface area (TPSA) is 89.3 Å². The second kappa shape index (κ2) is 8.68. The molecule has 0 fully saturated rings. The van der Waals surface area contributed by atoms with Gasteiger partial charge in [-0.15, -0.1) is 0 Å². The van der Waals surface area contributed by atoms with Crippen molar-refractivity contribution in [1.82, 2.24) is 24.8 Å². The molecule has 26 heavy (non-hydrogen) atoms. The number of rotatable bonds is 6. The largest absolute Gasteiger partial charge is 0.375 e. The van der Waals surface area contributed by atoms with Crippen LogP contribution >= 0.6 is 0 Å². The number of amides is 1. The Kier molecular flexibility index (Phi) is 6.08. The van der Waals surface area contributed by atoms with E-state index in [1.165, 1.54) is 13.2 Å². The quantitative estimate of drug-likeness (QED) is 0.800. The third-order valence-electron chi connectivity index (χ3n) is 4.22. The highest BCUT2D eigenvalue weighted by Gasteiger charge is 2.18. The zero-order valence-electron chi connectivity index (χ0n) is 14.9. The summed E-state index contributed by atoms with van der Waals surface area (Å²) in [6.07, 6.45) is 2.66. The van der Waals surface area contributed by atoms with E-state index in [2.05, 4.69) is 20.2 Å². The number of hydrogen-bond acceptors (Lipinski definition) is 6. The molecule has 3 rings (SSSR count). The number of aromatic nitrogens is 3. The van der Waals surface area contributed by atoms with E-state index in [-0.39, 0.29) is 24.6 Å². The van der Waals surface area contributed by atoms with Crippen molar-refractivity contribution in [1.29, 1.82) is 0 Å². The molecule has 0 atom stereocenters. The summed E-state index contributed by atoms with van der Waals surface area (Å²) in [5, 5.41) is 2.70. The van der Waals surface area contributed by atoms with Gasteiger partial charge >= 0.3 is 0 Å². The van der Waals surface area contributed by atoms with Crippen molar-refractivity contribution in [3.8, 4) is 0 Å². The zero-order valence-corrected chi connectivity index (χ0v) is 14.9. The standard InChI is InChI=1S/C18H23N5O3/c1-26-13-17(24)20-10-15-9-18(25)23-8-4-7-22(12-16(23)21-15)11-14-5-2-3-6-19-14/h2-3,5-6,9H,4,7-8,10-13H2,1H3,(H,20,24). The van der Waals surface area contributed by atoms with Crippen LogP contribution in [0.1, 0.15) is 23.6 Å². The van der Waals surface area contributed by atoms with Gasteiger partial charge in [0.1, 0.15) is 12.4 Å². The van der Waals surface area contributed by atoms with Gasteiger partial charge < -0.3 is 10.1 Å². The van der Waals surface area contributed by atoms with Gasteiger partial charge in [0.15, 0.2) is 0 Å². The van der Waals surface area contributed by atoms with E-state index in [1.807, 2.05) is 18.2 Å². The Hall–Kier alpha value is -2.58. The second-order valence-corrected chi connectivity index (χ2v) is 6.25. The molecular formula is C18H23N5O3. The Bertz CT molecular complexity index is 806. The molecule has 1 aliphatic heterocycles. The monoisotopic (exact) mass is 357 g/mol. The van der Waals surface area contributed by atoms with Crippen LogP contribution in [-0.4, -0.2) is 45.6 Å². The SMILES string of the molecule is COCC(=O)NCc1cc(=O)n2c(n1)CN(Cc1ccccn1)CCC2. The Morgan fingerprint density at radius 3 is 2.96 bits per heavy atom. The summed E-state index contributed by atoms with van der Waals surface area (Å²) < 4.78 is 6.50. The summed E-state index contributed by atoms with van der Waals surface area (Å²) in [6, 6.07) is 7.35. The van der Waals surface area contributed by atoms with Crippen LogP contribution in [0.5, 0.6) is 0 Å². The minimum Gasteiger partial charge on any atom is -0.375 e. The first-order valence-corrected chi connectivity index (χ1v) is 8.63. The number of fused-ring (bicyclic) bond motifs is 1. The highest BCUT2D eigenvalue weighted by atomic mass is 16.5. The van der Waals surface area contributed by atoms with Gasteiger partial charge in [-0.05, 0) is 18.6 Å². The van der Waals surface area contributed by atoms with Gasteiger partial charge in [-0.3, -0.25) is 24.0 Å². The first-order chi connectivity index (χ1) is 12.7. The van der Waals surface area contributed by atoms with Crippen LogP contribution in [0, 0.1) is 0 Å². The Morgan fingerprint density at radius 1 is 1.31 bits per heavy atom. The lowest BCUT2D eigenvalue weighted by Gasteiger charge is -2.19. The van der Waals surface area contributed by atoms with Gasteiger partial charge in [0, 0.05) is 39.0 Å². The Balaban J connectivity index is 1.74. The van der Waals surface area contributed by atoms with Crippen LogP contribution in [0.15, 0.2) is 35.3 Å². The Labute approximate surface area is 151 Å². The first-order valence-electron chi connectivity index (χ1n) is 8.63. The minimum atomic E-state index is -0.235. The molecule has 2 aromatic rings. The van der Waals surface area contributed by atoms with Gasteiger partial charge in [0.05, 0.1) is 24.5 Å². The minimum absolute atomic E-state index is 0.0121. The summed E-state index contributed by atoms with van der Waals surface area (Å²) in [5.74, 6) is 0.489. The number of methoxy groups -OCH3 is 1. The van der Waals surface area contributed by atoms with E-state index in [0.717, 1.165) is 24.5 Å². The van der Waals surface area contributed by atoms with E-state index in [9.17, 15) is 9.59 Å². The summed E-state index contributed by atoms with van der Waals surface area (Å²) in [5.41, 5.74) is 1.47. The maximum Gasteiger partial charge on any atom is 0.253 e. The molecule has 0 bridgehead atoms. The number of hydrogen-bond donors (Lipinski definition) is 1. The number of pyridine rings is 1. The molecular weight excluding hydrogens is 334 g/mol. The molecule has 1 aliphatic rings. The van der Waals surface area contributed by atoms with Crippen LogP contribution in [0.2, 0.25) is 0 Å². The van der Waals surface area contributed by atoms with Gasteiger partial charge in [-0.1, -0.05) is 6.07 Å². The lowest BCUT2D eigenvalue weighted by atomic mass is 10.3. The van der Waals surface area contributed by atoms with Crippen molar-refractivity contribution in [2.45, 2.75) is 32.6 Å². The summed E-state index contributed by atoms with van der Waals surface area (Å²) in [6.45, 7) is 3.01. The number of nitrogens with one attached hydrogen (secondary N) is 1. The zero-order chi connectivity index (χ0) is 18.4. The fourth-order valence-electron chi connectivity index (χ4n) is 3.02. The lowest BCUT2D eigenvalue weighted by Crippen LogP contribution is -2.31. The third-order valence-corrected chi connectivity index (χ3v) is 4.22. The average Bonchev–Trinajstić information content (AvgIpc) is 2.83. The molecule has 0 aliphatic carbocycles. The van der Waals surface area contributed by atoms with Gasteiger partial charge in [-0.2, -0.15) is 0 Å². The number of nitrogens with zero attached hydrogens (tertiary/aromatic N) is 4. The van der Waals surface area contributed by atoms with Crippen LogP contribution in [-0.2, 0) is 35.7 Å². The number of carbonyl (C=O) groups is 1. The second-order valence-electron chi connectivity index (χ2n) is 6.25. The lowest BCUT2D eigenvalue weighted by molar-refractivity contribution is -0.124. The van der Waals surface area contributed by atoms with Gasteiger partial charge in [0.2, 0.25) is 5.91 Å². The fourth-order valence-corrected chi connectivity index (χ4v) is 3.02. The van der Waals surface area contributed by atoms with E-state index in [1.54, 1.807) is 10.8 Å². The smallest absolute Gasteiger partial charge is 0.253 e. The van der Waals surface area contributed by atoms with Crippen molar-refractivity contribution in [2.75, 3.05) is 20.3 Å². The number of ether oxygens (including phenoxy) is 1. The molecule has 0 saturated heterocycles. The van der Waals surface area contributed by atoms with Crippen LogP contribution in [0.4, 0.5) is 0 Å². The van der Waals surface area contributed by atoms with Crippen molar-refractivity contribution in [3.63, 3.8) is 0 Å². The van der Waals surface area contributed by atoms with Crippen LogP contribution in [0.25, 0.3) is 0 Å². The normalized spacial score (nSPS) is 14.5. The molecule has 1 N–H and O–H groups in total. The van der Waals surface area contributed by atoms with Crippen molar-refractivity contribution in [2.24, 2.45) is 0 Å². The third kappa shape index (κ3) is 4.74. The predicted molar refractivity (Wildman–Crippen MR) is 95.2 cm³/mol. The van der Waals surface area contributed by atoms with Crippen LogP contribution < -0.4 is 10.9 Å². The van der Waals surface area contributed by atoms with E-state index in [0.29, 0.717) is 25.3 Å². The van der Waals surface area contributed by atoms with Crippen molar-refractivity contribution < 1.29 is 9.53 Å². The molecule has 0 saturated carbocycles. The fraction of sp³-hybridized carbons (Fsp3) is 0.444. The summed E-state index contributed by atoms with van der Waals surface area (Å²) >= 11 is 0. The maximum atomic E-state index is 12.4. The molecule has 0 spiro atoms. The molecule has 138 valence electrons. The van der Waals surface area contributed by atoms with Gasteiger partial charge in [0.25, 0.3) is 5.56 Å². The van der Waals surface area contributed by atoms with Crippen LogP contribution in [0.3, 0.4) is 0 Å². The average molecular weight is 357 g/mol. The maximum absolute atomic E-state index is 12.4. The predicted octanol–water partition coefficient (Wildman–Crippen LogP) is 0.307. The van der Waals surface area contributed by atoms with Gasteiger partial charge in [-0.25, -0.2) is 4.98 Å². The van der Waals surface area contributed by atoms with E-state index in [4.69, 9.17) is 4.74 Å². The Morgan fingerprint density at radius 2 is 2.19 bits per heavy atom. The molecule has 1 amide bonds. The van der Waals surface area contributed by atoms with E-state index < -0.39 is 0 Å². The molecule has 0 aromatic carbocycles. The molecule has 8 nitrogen and oxygen atoms in total. The molecule has 0 radical (unpaired) electrons. The van der Waals surface area contributed by atoms with Crippen molar-refractivity contribution in [3.05, 3.63) is 58.0 Å². The first kappa shape index (κ1) is 18.2. The molecule has 2 aromatic heterocycles. The number of carbonyl (C=O) groups excluding carboxylic acids is 1. The van der Waals surface area contributed by atoms with E-state index >= 15 is 0 Å².